The Morgan fingerprint density at radius 2 is 1.76 bits per heavy atom. The maximum atomic E-state index is 13.9. The van der Waals surface area contributed by atoms with Crippen LogP contribution in [0.2, 0.25) is 0 Å². The SMILES string of the molecule is CCOC(=O)c1c(NC(=O)c2c(N)n(-c3ccc(Br)cc3)c3nc4ccccc4nc23)sc2c1CCCC2. The van der Waals surface area contributed by atoms with Gasteiger partial charge in [-0.15, -0.1) is 11.3 Å². The van der Waals surface area contributed by atoms with Crippen molar-refractivity contribution >= 4 is 72.2 Å². The standard InChI is InChI=1S/C28H24BrN5O3S/c1-2-37-28(36)21-17-7-3-6-10-20(17)38-27(21)33-26(35)22-23-25(32-19-9-5-4-8-18(19)31-23)34(24(22)30)16-13-11-15(29)12-14-16/h4-5,8-9,11-14H,2-3,6-7,10,30H2,1H3,(H,33,35). The van der Waals surface area contributed by atoms with Crippen LogP contribution in [0.5, 0.6) is 0 Å². The zero-order chi connectivity index (χ0) is 26.4. The van der Waals surface area contributed by atoms with Crippen LogP contribution in [0.1, 0.15) is 50.9 Å². The topological polar surface area (TPSA) is 112 Å². The number of para-hydroxylation sites is 2. The molecule has 0 spiro atoms. The molecule has 0 atom stereocenters. The fourth-order valence-electron chi connectivity index (χ4n) is 4.98. The van der Waals surface area contributed by atoms with Gasteiger partial charge in [-0.1, -0.05) is 28.1 Å². The van der Waals surface area contributed by atoms with E-state index in [0.717, 1.165) is 46.3 Å². The van der Waals surface area contributed by atoms with E-state index >= 15 is 0 Å². The molecule has 0 fully saturated rings. The van der Waals surface area contributed by atoms with Crippen molar-refractivity contribution in [3.05, 3.63) is 74.6 Å². The molecule has 2 aromatic carbocycles. The first-order valence-corrected chi connectivity index (χ1v) is 14.0. The first kappa shape index (κ1) is 24.6. The van der Waals surface area contributed by atoms with Crippen molar-refractivity contribution in [1.29, 1.82) is 0 Å². The van der Waals surface area contributed by atoms with Crippen LogP contribution in [0, 0.1) is 0 Å². The molecule has 0 aliphatic heterocycles. The fourth-order valence-corrected chi connectivity index (χ4v) is 6.51. The number of benzene rings is 2. The van der Waals surface area contributed by atoms with Gasteiger partial charge in [0.2, 0.25) is 0 Å². The van der Waals surface area contributed by atoms with E-state index in [1.54, 1.807) is 11.5 Å². The first-order chi connectivity index (χ1) is 18.5. The molecule has 10 heteroatoms. The van der Waals surface area contributed by atoms with Gasteiger partial charge in [-0.3, -0.25) is 9.36 Å². The number of halogens is 1. The summed E-state index contributed by atoms with van der Waals surface area (Å²) in [5.41, 5.74) is 11.3. The average Bonchev–Trinajstić information content (AvgIpc) is 3.41. The van der Waals surface area contributed by atoms with Crippen LogP contribution in [0.15, 0.2) is 53.0 Å². The molecule has 0 unspecified atom stereocenters. The molecular formula is C28H24BrN5O3S. The Morgan fingerprint density at radius 3 is 2.50 bits per heavy atom. The van der Waals surface area contributed by atoms with Gasteiger partial charge in [-0.05, 0) is 74.6 Å². The van der Waals surface area contributed by atoms with Crippen LogP contribution in [-0.2, 0) is 17.6 Å². The van der Waals surface area contributed by atoms with Gasteiger partial charge in [-0.2, -0.15) is 0 Å². The zero-order valence-electron chi connectivity index (χ0n) is 20.6. The molecule has 5 aromatic rings. The summed E-state index contributed by atoms with van der Waals surface area (Å²) in [7, 11) is 0. The Hall–Kier alpha value is -3.76. The molecule has 192 valence electrons. The molecule has 0 radical (unpaired) electrons. The number of carbonyl (C=O) groups excluding carboxylic acids is 2. The van der Waals surface area contributed by atoms with E-state index in [1.807, 2.05) is 48.5 Å². The lowest BCUT2D eigenvalue weighted by Gasteiger charge is -2.12. The van der Waals surface area contributed by atoms with Crippen molar-refractivity contribution < 1.29 is 14.3 Å². The van der Waals surface area contributed by atoms with E-state index < -0.39 is 11.9 Å². The van der Waals surface area contributed by atoms with Gasteiger partial charge in [-0.25, -0.2) is 14.8 Å². The number of anilines is 2. The third kappa shape index (κ3) is 4.13. The molecule has 1 amide bonds. The largest absolute Gasteiger partial charge is 0.462 e. The van der Waals surface area contributed by atoms with Crippen LogP contribution in [0.25, 0.3) is 27.9 Å². The van der Waals surface area contributed by atoms with Gasteiger partial charge in [0.25, 0.3) is 5.91 Å². The minimum atomic E-state index is -0.447. The Balaban J connectivity index is 1.52. The summed E-state index contributed by atoms with van der Waals surface area (Å²) in [5.74, 6) is -0.649. The van der Waals surface area contributed by atoms with Crippen molar-refractivity contribution in [2.45, 2.75) is 32.6 Å². The second-order valence-electron chi connectivity index (χ2n) is 9.05. The van der Waals surface area contributed by atoms with Crippen LogP contribution in [0.3, 0.4) is 0 Å². The van der Waals surface area contributed by atoms with Gasteiger partial charge in [0, 0.05) is 15.0 Å². The number of aryl methyl sites for hydroxylation is 1. The van der Waals surface area contributed by atoms with Crippen molar-refractivity contribution in [2.75, 3.05) is 17.7 Å². The molecule has 3 heterocycles. The summed E-state index contributed by atoms with van der Waals surface area (Å²) >= 11 is 4.90. The van der Waals surface area contributed by atoms with Crippen LogP contribution >= 0.6 is 27.3 Å². The minimum absolute atomic E-state index is 0.211. The Kier molecular flexibility index (Phi) is 6.37. The lowest BCUT2D eigenvalue weighted by atomic mass is 9.95. The number of carbonyl (C=O) groups is 2. The summed E-state index contributed by atoms with van der Waals surface area (Å²) in [6, 6.07) is 15.1. The van der Waals surface area contributed by atoms with Crippen molar-refractivity contribution in [2.24, 2.45) is 0 Å². The van der Waals surface area contributed by atoms with Crippen molar-refractivity contribution in [3.8, 4) is 5.69 Å². The highest BCUT2D eigenvalue weighted by Gasteiger charge is 2.30. The number of nitrogen functional groups attached to an aromatic ring is 1. The predicted molar refractivity (Wildman–Crippen MR) is 153 cm³/mol. The van der Waals surface area contributed by atoms with E-state index in [4.69, 9.17) is 20.4 Å². The summed E-state index contributed by atoms with van der Waals surface area (Å²) < 4.78 is 8.01. The molecule has 0 saturated heterocycles. The maximum absolute atomic E-state index is 13.9. The number of amides is 1. The van der Waals surface area contributed by atoms with Gasteiger partial charge < -0.3 is 15.8 Å². The predicted octanol–water partition coefficient (Wildman–Crippen LogP) is 6.29. The van der Waals surface area contributed by atoms with Crippen molar-refractivity contribution in [3.63, 3.8) is 0 Å². The Morgan fingerprint density at radius 1 is 1.05 bits per heavy atom. The monoisotopic (exact) mass is 589 g/mol. The van der Waals surface area contributed by atoms with Crippen molar-refractivity contribution in [1.82, 2.24) is 14.5 Å². The number of fused-ring (bicyclic) bond motifs is 3. The molecule has 8 nitrogen and oxygen atoms in total. The number of nitrogens with two attached hydrogens (primary N) is 1. The molecule has 1 aliphatic rings. The Bertz CT molecular complexity index is 1720. The van der Waals surface area contributed by atoms with E-state index in [2.05, 4.69) is 21.2 Å². The summed E-state index contributed by atoms with van der Waals surface area (Å²) in [5, 5.41) is 3.47. The molecular weight excluding hydrogens is 566 g/mol. The van der Waals surface area contributed by atoms with Crippen LogP contribution in [-0.4, -0.2) is 33.0 Å². The third-order valence-electron chi connectivity index (χ3n) is 6.69. The highest BCUT2D eigenvalue weighted by atomic mass is 79.9. The lowest BCUT2D eigenvalue weighted by Crippen LogP contribution is -2.17. The fraction of sp³-hybridized carbons (Fsp3) is 0.214. The first-order valence-electron chi connectivity index (χ1n) is 12.4. The van der Waals surface area contributed by atoms with Gasteiger partial charge in [0.1, 0.15) is 21.9 Å². The highest BCUT2D eigenvalue weighted by Crippen LogP contribution is 2.40. The minimum Gasteiger partial charge on any atom is -0.462 e. The van der Waals surface area contributed by atoms with E-state index in [0.29, 0.717) is 32.8 Å². The third-order valence-corrected chi connectivity index (χ3v) is 8.42. The smallest absolute Gasteiger partial charge is 0.341 e. The number of esters is 1. The van der Waals surface area contributed by atoms with E-state index in [9.17, 15) is 9.59 Å². The molecule has 0 saturated carbocycles. The van der Waals surface area contributed by atoms with Crippen LogP contribution in [0.4, 0.5) is 10.8 Å². The summed E-state index contributed by atoms with van der Waals surface area (Å²) in [6.45, 7) is 2.03. The number of aromatic nitrogens is 3. The number of nitrogens with zero attached hydrogens (tertiary/aromatic N) is 3. The number of ether oxygens (including phenoxy) is 1. The highest BCUT2D eigenvalue weighted by molar-refractivity contribution is 9.10. The molecule has 3 aromatic heterocycles. The van der Waals surface area contributed by atoms with E-state index in [1.165, 1.54) is 11.3 Å². The number of nitrogens with one attached hydrogen (secondary N) is 1. The number of rotatable bonds is 5. The molecule has 1 aliphatic carbocycles. The Labute approximate surface area is 231 Å². The second-order valence-corrected chi connectivity index (χ2v) is 11.1. The van der Waals surface area contributed by atoms with Gasteiger partial charge >= 0.3 is 5.97 Å². The number of hydrogen-bond donors (Lipinski definition) is 2. The summed E-state index contributed by atoms with van der Waals surface area (Å²) in [4.78, 5) is 37.6. The summed E-state index contributed by atoms with van der Waals surface area (Å²) in [6.07, 6.45) is 3.72. The molecule has 3 N–H and O–H groups in total. The average molecular weight is 591 g/mol. The quantitative estimate of drug-likeness (QED) is 0.233. The molecule has 38 heavy (non-hydrogen) atoms. The molecule has 0 bridgehead atoms. The maximum Gasteiger partial charge on any atom is 0.341 e. The molecule has 6 rings (SSSR count). The van der Waals surface area contributed by atoms with E-state index in [-0.39, 0.29) is 18.0 Å². The van der Waals surface area contributed by atoms with Crippen LogP contribution < -0.4 is 11.1 Å². The lowest BCUT2D eigenvalue weighted by molar-refractivity contribution is 0.0526. The zero-order valence-corrected chi connectivity index (χ0v) is 23.0. The number of hydrogen-bond acceptors (Lipinski definition) is 7. The van der Waals surface area contributed by atoms with Gasteiger partial charge in [0.05, 0.1) is 23.2 Å². The van der Waals surface area contributed by atoms with Gasteiger partial charge in [0.15, 0.2) is 5.65 Å². The number of thiophene rings is 1. The second kappa shape index (κ2) is 9.85. The normalized spacial score (nSPS) is 13.0.